The van der Waals surface area contributed by atoms with Crippen molar-refractivity contribution in [2.24, 2.45) is 0 Å². The normalized spacial score (nSPS) is 10.0. The van der Waals surface area contributed by atoms with E-state index in [1.165, 1.54) is 19.3 Å². The molecule has 2 aromatic rings. The van der Waals surface area contributed by atoms with Gasteiger partial charge in [0.25, 0.3) is 5.91 Å². The van der Waals surface area contributed by atoms with Gasteiger partial charge in [0.1, 0.15) is 5.69 Å². The van der Waals surface area contributed by atoms with Gasteiger partial charge in [-0.15, -0.1) is 0 Å². The number of rotatable bonds is 4. The molecule has 0 aliphatic carbocycles. The minimum atomic E-state index is -0.597. The largest absolute Gasteiger partial charge is 0.465 e. The molecule has 1 amide bonds. The van der Waals surface area contributed by atoms with Gasteiger partial charge in [0.05, 0.1) is 18.4 Å². The summed E-state index contributed by atoms with van der Waals surface area (Å²) in [7, 11) is 1.26. The zero-order valence-corrected chi connectivity index (χ0v) is 12.9. The SMILES string of the molecule is C=Cc1cc(NC(=O)c2cccc(C)n2)c(C(=O)OC)cc1N. The molecule has 0 radical (unpaired) electrons. The molecule has 2 rings (SSSR count). The number of benzene rings is 1. The summed E-state index contributed by atoms with van der Waals surface area (Å²) in [5.41, 5.74) is 8.24. The van der Waals surface area contributed by atoms with Crippen LogP contribution in [0.15, 0.2) is 36.9 Å². The van der Waals surface area contributed by atoms with Crippen molar-refractivity contribution in [3.8, 4) is 0 Å². The lowest BCUT2D eigenvalue weighted by molar-refractivity contribution is 0.0602. The fraction of sp³-hybridized carbons (Fsp3) is 0.118. The number of aromatic nitrogens is 1. The van der Waals surface area contributed by atoms with Crippen molar-refractivity contribution < 1.29 is 14.3 Å². The van der Waals surface area contributed by atoms with Crippen LogP contribution in [0.4, 0.5) is 11.4 Å². The molecule has 118 valence electrons. The molecule has 6 heteroatoms. The van der Waals surface area contributed by atoms with Crippen LogP contribution in [-0.2, 0) is 4.74 Å². The number of carbonyl (C=O) groups is 2. The highest BCUT2D eigenvalue weighted by molar-refractivity contribution is 6.08. The summed E-state index contributed by atoms with van der Waals surface area (Å²) < 4.78 is 4.72. The summed E-state index contributed by atoms with van der Waals surface area (Å²) in [5.74, 6) is -1.03. The number of anilines is 2. The number of carbonyl (C=O) groups excluding carboxylic acids is 2. The lowest BCUT2D eigenvalue weighted by Gasteiger charge is -2.12. The van der Waals surface area contributed by atoms with Gasteiger partial charge in [-0.3, -0.25) is 4.79 Å². The second-order valence-electron chi connectivity index (χ2n) is 4.84. The van der Waals surface area contributed by atoms with Crippen LogP contribution in [0.1, 0.15) is 32.1 Å². The van der Waals surface area contributed by atoms with E-state index in [0.29, 0.717) is 11.3 Å². The van der Waals surface area contributed by atoms with Gasteiger partial charge in [0.15, 0.2) is 0 Å². The summed E-state index contributed by atoms with van der Waals surface area (Å²) in [6.45, 7) is 5.44. The predicted octanol–water partition coefficient (Wildman–Crippen LogP) is 2.65. The average molecular weight is 311 g/mol. The van der Waals surface area contributed by atoms with Crippen LogP contribution in [0.25, 0.3) is 6.08 Å². The standard InChI is InChI=1S/C17H17N3O3/c1-4-11-8-15(12(9-13(11)18)17(22)23-3)20-16(21)14-7-5-6-10(2)19-14/h4-9H,1,18H2,2-3H3,(H,20,21). The molecule has 1 heterocycles. The summed E-state index contributed by atoms with van der Waals surface area (Å²) in [4.78, 5) is 28.4. The highest BCUT2D eigenvalue weighted by Crippen LogP contribution is 2.25. The number of ether oxygens (including phenoxy) is 1. The second kappa shape index (κ2) is 6.74. The molecular weight excluding hydrogens is 294 g/mol. The monoisotopic (exact) mass is 311 g/mol. The van der Waals surface area contributed by atoms with E-state index in [1.807, 2.05) is 0 Å². The van der Waals surface area contributed by atoms with E-state index in [4.69, 9.17) is 10.5 Å². The number of pyridine rings is 1. The van der Waals surface area contributed by atoms with Gasteiger partial charge >= 0.3 is 5.97 Å². The highest BCUT2D eigenvalue weighted by atomic mass is 16.5. The van der Waals surface area contributed by atoms with E-state index in [9.17, 15) is 9.59 Å². The second-order valence-corrected chi connectivity index (χ2v) is 4.84. The number of methoxy groups -OCH3 is 1. The number of amides is 1. The van der Waals surface area contributed by atoms with Gasteiger partial charge < -0.3 is 15.8 Å². The first kappa shape index (κ1) is 16.2. The molecule has 1 aromatic carbocycles. The van der Waals surface area contributed by atoms with Crippen LogP contribution >= 0.6 is 0 Å². The van der Waals surface area contributed by atoms with Crippen molar-refractivity contribution in [2.75, 3.05) is 18.2 Å². The fourth-order valence-electron chi connectivity index (χ4n) is 2.05. The Morgan fingerprint density at radius 2 is 2.09 bits per heavy atom. The van der Waals surface area contributed by atoms with E-state index in [0.717, 1.165) is 5.69 Å². The lowest BCUT2D eigenvalue weighted by Crippen LogP contribution is -2.17. The predicted molar refractivity (Wildman–Crippen MR) is 89.2 cm³/mol. The van der Waals surface area contributed by atoms with E-state index in [1.54, 1.807) is 31.2 Å². The van der Waals surface area contributed by atoms with Gasteiger partial charge in [0.2, 0.25) is 0 Å². The molecule has 23 heavy (non-hydrogen) atoms. The number of nitrogens with two attached hydrogens (primary N) is 1. The molecule has 0 spiro atoms. The van der Waals surface area contributed by atoms with Crippen LogP contribution in [-0.4, -0.2) is 24.0 Å². The Morgan fingerprint density at radius 3 is 2.70 bits per heavy atom. The Morgan fingerprint density at radius 1 is 1.35 bits per heavy atom. The first-order valence-corrected chi connectivity index (χ1v) is 6.85. The summed E-state index contributed by atoms with van der Waals surface area (Å²) in [6.07, 6.45) is 1.54. The maximum absolute atomic E-state index is 12.3. The zero-order valence-electron chi connectivity index (χ0n) is 12.9. The topological polar surface area (TPSA) is 94.3 Å². The summed E-state index contributed by atoms with van der Waals surface area (Å²) in [5, 5.41) is 2.67. The van der Waals surface area contributed by atoms with E-state index < -0.39 is 11.9 Å². The third kappa shape index (κ3) is 3.55. The molecule has 0 fully saturated rings. The minimum absolute atomic E-state index is 0.164. The van der Waals surface area contributed by atoms with E-state index >= 15 is 0 Å². The number of hydrogen-bond donors (Lipinski definition) is 2. The molecule has 0 bridgehead atoms. The van der Waals surface area contributed by atoms with Crippen LogP contribution in [0, 0.1) is 6.92 Å². The Labute approximate surface area is 134 Å². The first-order valence-electron chi connectivity index (χ1n) is 6.85. The lowest BCUT2D eigenvalue weighted by atomic mass is 10.1. The quantitative estimate of drug-likeness (QED) is 0.668. The number of nitrogen functional groups attached to an aromatic ring is 1. The first-order chi connectivity index (χ1) is 11.0. The van der Waals surface area contributed by atoms with Crippen molar-refractivity contribution in [1.82, 2.24) is 4.98 Å². The number of hydrogen-bond acceptors (Lipinski definition) is 5. The van der Waals surface area contributed by atoms with Gasteiger partial charge in [0, 0.05) is 11.4 Å². The number of aryl methyl sites for hydroxylation is 1. The molecule has 0 unspecified atom stereocenters. The summed E-state index contributed by atoms with van der Waals surface area (Å²) in [6, 6.07) is 8.13. The molecule has 0 atom stereocenters. The van der Waals surface area contributed by atoms with Crippen molar-refractivity contribution in [3.63, 3.8) is 0 Å². The van der Waals surface area contributed by atoms with Crippen molar-refractivity contribution >= 4 is 29.3 Å². The van der Waals surface area contributed by atoms with E-state index in [-0.39, 0.29) is 16.9 Å². The van der Waals surface area contributed by atoms with Crippen LogP contribution in [0.3, 0.4) is 0 Å². The zero-order chi connectivity index (χ0) is 17.0. The molecule has 6 nitrogen and oxygen atoms in total. The Kier molecular flexibility index (Phi) is 4.75. The molecule has 0 saturated heterocycles. The molecule has 0 saturated carbocycles. The van der Waals surface area contributed by atoms with Crippen LogP contribution < -0.4 is 11.1 Å². The Hall–Kier alpha value is -3.15. The van der Waals surface area contributed by atoms with Gasteiger partial charge in [-0.05, 0) is 36.8 Å². The van der Waals surface area contributed by atoms with E-state index in [2.05, 4.69) is 16.9 Å². The summed E-state index contributed by atoms with van der Waals surface area (Å²) >= 11 is 0. The van der Waals surface area contributed by atoms with Crippen LogP contribution in [0.2, 0.25) is 0 Å². The van der Waals surface area contributed by atoms with Gasteiger partial charge in [-0.2, -0.15) is 0 Å². The average Bonchev–Trinajstić information content (AvgIpc) is 2.55. The third-order valence-corrected chi connectivity index (χ3v) is 3.22. The maximum atomic E-state index is 12.3. The Bertz CT molecular complexity index is 785. The molecule has 0 aliphatic rings. The van der Waals surface area contributed by atoms with Crippen molar-refractivity contribution in [3.05, 3.63) is 59.4 Å². The molecule has 1 aromatic heterocycles. The molecule has 3 N–H and O–H groups in total. The maximum Gasteiger partial charge on any atom is 0.340 e. The number of esters is 1. The molecular formula is C17H17N3O3. The molecule has 0 aliphatic heterocycles. The van der Waals surface area contributed by atoms with Crippen molar-refractivity contribution in [1.29, 1.82) is 0 Å². The number of nitrogens with zero attached hydrogens (tertiary/aromatic N) is 1. The van der Waals surface area contributed by atoms with Crippen molar-refractivity contribution in [2.45, 2.75) is 6.92 Å². The minimum Gasteiger partial charge on any atom is -0.465 e. The smallest absolute Gasteiger partial charge is 0.340 e. The van der Waals surface area contributed by atoms with Gasteiger partial charge in [-0.25, -0.2) is 9.78 Å². The Balaban J connectivity index is 2.43. The third-order valence-electron chi connectivity index (χ3n) is 3.22. The highest BCUT2D eigenvalue weighted by Gasteiger charge is 2.17. The number of nitrogens with one attached hydrogen (secondary N) is 1. The van der Waals surface area contributed by atoms with Crippen LogP contribution in [0.5, 0.6) is 0 Å². The van der Waals surface area contributed by atoms with Gasteiger partial charge in [-0.1, -0.05) is 18.7 Å². The fourth-order valence-corrected chi connectivity index (χ4v) is 2.05.